The molecule has 0 bridgehead atoms. The zero-order chi connectivity index (χ0) is 12.4. The van der Waals surface area contributed by atoms with Crippen LogP contribution in [0.4, 0.5) is 0 Å². The Hall–Kier alpha value is -2.10. The largest absolute Gasteiger partial charge is 0.328 e. The molecule has 0 fully saturated rings. The number of hydrogen-bond donors (Lipinski definition) is 1. The highest BCUT2D eigenvalue weighted by Gasteiger charge is 2.08. The van der Waals surface area contributed by atoms with Gasteiger partial charge in [0.15, 0.2) is 0 Å². The van der Waals surface area contributed by atoms with Crippen molar-refractivity contribution < 1.29 is 0 Å². The molecule has 0 aliphatic rings. The summed E-state index contributed by atoms with van der Waals surface area (Å²) in [5.74, 6) is 0. The number of aromatic amines is 1. The maximum Gasteiger partial charge on any atom is 0.328 e. The van der Waals surface area contributed by atoms with Crippen LogP contribution in [0.3, 0.4) is 0 Å². The van der Waals surface area contributed by atoms with E-state index in [9.17, 15) is 9.59 Å². The van der Waals surface area contributed by atoms with Crippen LogP contribution in [-0.4, -0.2) is 9.55 Å². The molecule has 17 heavy (non-hydrogen) atoms. The van der Waals surface area contributed by atoms with Crippen molar-refractivity contribution in [2.24, 2.45) is 0 Å². The fourth-order valence-corrected chi connectivity index (χ4v) is 1.92. The van der Waals surface area contributed by atoms with Crippen molar-refractivity contribution in [3.05, 3.63) is 56.7 Å². The summed E-state index contributed by atoms with van der Waals surface area (Å²) in [5, 5.41) is 0. The van der Waals surface area contributed by atoms with Gasteiger partial charge in [-0.2, -0.15) is 0 Å². The molecule has 0 aliphatic carbocycles. The van der Waals surface area contributed by atoms with Gasteiger partial charge in [0.2, 0.25) is 0 Å². The Morgan fingerprint density at radius 3 is 2.59 bits per heavy atom. The Morgan fingerprint density at radius 2 is 1.94 bits per heavy atom. The predicted octanol–water partition coefficient (Wildman–Crippen LogP) is 1.53. The molecule has 0 atom stereocenters. The van der Waals surface area contributed by atoms with Crippen LogP contribution in [0.15, 0.2) is 39.9 Å². The van der Waals surface area contributed by atoms with E-state index in [0.717, 1.165) is 11.1 Å². The van der Waals surface area contributed by atoms with Crippen LogP contribution in [0.5, 0.6) is 0 Å². The molecular weight excluding hydrogens is 216 g/mol. The van der Waals surface area contributed by atoms with Gasteiger partial charge in [-0.3, -0.25) is 14.3 Å². The number of benzene rings is 1. The first-order chi connectivity index (χ1) is 8.13. The van der Waals surface area contributed by atoms with E-state index in [2.05, 4.69) is 4.98 Å². The van der Waals surface area contributed by atoms with Gasteiger partial charge in [0, 0.05) is 18.2 Å². The molecule has 4 nitrogen and oxygen atoms in total. The van der Waals surface area contributed by atoms with E-state index in [-0.39, 0.29) is 11.2 Å². The normalized spacial score (nSPS) is 10.5. The Labute approximate surface area is 98.6 Å². The Balaban J connectivity index is 2.80. The van der Waals surface area contributed by atoms with E-state index in [1.807, 2.05) is 38.1 Å². The number of nitrogens with zero attached hydrogens (tertiary/aromatic N) is 1. The number of rotatable bonds is 2. The number of H-pyrrole nitrogens is 1. The molecule has 2 rings (SSSR count). The standard InChI is InChI=1S/C13H14N2O2/c1-3-15-11(8-12(16)14-13(15)17)10-7-5-4-6-9(10)2/h4-8H,3H2,1-2H3,(H,14,16,17). The highest BCUT2D eigenvalue weighted by Crippen LogP contribution is 2.20. The molecule has 0 radical (unpaired) electrons. The minimum absolute atomic E-state index is 0.363. The van der Waals surface area contributed by atoms with E-state index in [1.165, 1.54) is 6.07 Å². The molecule has 4 heteroatoms. The molecule has 88 valence electrons. The van der Waals surface area contributed by atoms with Gasteiger partial charge in [-0.15, -0.1) is 0 Å². The molecular formula is C13H14N2O2. The van der Waals surface area contributed by atoms with Gasteiger partial charge in [0.1, 0.15) is 0 Å². The van der Waals surface area contributed by atoms with Gasteiger partial charge < -0.3 is 0 Å². The maximum absolute atomic E-state index is 11.7. The zero-order valence-electron chi connectivity index (χ0n) is 9.86. The van der Waals surface area contributed by atoms with Crippen molar-refractivity contribution in [3.8, 4) is 11.3 Å². The van der Waals surface area contributed by atoms with Gasteiger partial charge in [-0.1, -0.05) is 24.3 Å². The Kier molecular flexibility index (Phi) is 2.95. The number of hydrogen-bond acceptors (Lipinski definition) is 2. The van der Waals surface area contributed by atoms with Gasteiger partial charge in [0.05, 0.1) is 5.69 Å². The van der Waals surface area contributed by atoms with Crippen LogP contribution in [-0.2, 0) is 6.54 Å². The summed E-state index contributed by atoms with van der Waals surface area (Å²) < 4.78 is 1.56. The lowest BCUT2D eigenvalue weighted by atomic mass is 10.1. The van der Waals surface area contributed by atoms with Gasteiger partial charge in [-0.25, -0.2) is 4.79 Å². The zero-order valence-corrected chi connectivity index (χ0v) is 9.86. The predicted molar refractivity (Wildman–Crippen MR) is 67.2 cm³/mol. The first-order valence-electron chi connectivity index (χ1n) is 5.53. The number of nitrogens with one attached hydrogen (secondary N) is 1. The summed E-state index contributed by atoms with van der Waals surface area (Å²) >= 11 is 0. The van der Waals surface area contributed by atoms with Crippen LogP contribution in [0, 0.1) is 6.92 Å². The Morgan fingerprint density at radius 1 is 1.24 bits per heavy atom. The molecule has 1 heterocycles. The topological polar surface area (TPSA) is 54.9 Å². The lowest BCUT2D eigenvalue weighted by Crippen LogP contribution is -2.30. The summed E-state index contributed by atoms with van der Waals surface area (Å²) in [6.07, 6.45) is 0. The van der Waals surface area contributed by atoms with E-state index >= 15 is 0 Å². The van der Waals surface area contributed by atoms with Crippen LogP contribution in [0.2, 0.25) is 0 Å². The van der Waals surface area contributed by atoms with Crippen molar-refractivity contribution in [1.82, 2.24) is 9.55 Å². The van der Waals surface area contributed by atoms with Gasteiger partial charge in [-0.05, 0) is 19.4 Å². The molecule has 1 aromatic heterocycles. The van der Waals surface area contributed by atoms with E-state index in [1.54, 1.807) is 4.57 Å². The second-order valence-corrected chi connectivity index (χ2v) is 3.88. The number of aryl methyl sites for hydroxylation is 1. The molecule has 2 aromatic rings. The van der Waals surface area contributed by atoms with Crippen LogP contribution in [0.1, 0.15) is 12.5 Å². The number of aromatic nitrogens is 2. The van der Waals surface area contributed by atoms with Crippen LogP contribution in [0.25, 0.3) is 11.3 Å². The summed E-state index contributed by atoms with van der Waals surface area (Å²) in [6.45, 7) is 4.36. The van der Waals surface area contributed by atoms with E-state index < -0.39 is 0 Å². The quantitative estimate of drug-likeness (QED) is 0.850. The third kappa shape index (κ3) is 2.06. The van der Waals surface area contributed by atoms with Gasteiger partial charge >= 0.3 is 5.69 Å². The summed E-state index contributed by atoms with van der Waals surface area (Å²) in [4.78, 5) is 25.4. The van der Waals surface area contributed by atoms with Crippen molar-refractivity contribution in [3.63, 3.8) is 0 Å². The van der Waals surface area contributed by atoms with E-state index in [4.69, 9.17) is 0 Å². The fraction of sp³-hybridized carbons (Fsp3) is 0.231. The second kappa shape index (κ2) is 4.41. The highest BCUT2D eigenvalue weighted by molar-refractivity contribution is 5.63. The Bertz CT molecular complexity index is 653. The van der Waals surface area contributed by atoms with Crippen LogP contribution < -0.4 is 11.2 Å². The minimum atomic E-state index is -0.363. The smallest absolute Gasteiger partial charge is 0.294 e. The average molecular weight is 230 g/mol. The summed E-state index contributed by atoms with van der Waals surface area (Å²) in [5.41, 5.74) is 1.90. The van der Waals surface area contributed by atoms with Crippen molar-refractivity contribution in [1.29, 1.82) is 0 Å². The van der Waals surface area contributed by atoms with E-state index in [0.29, 0.717) is 12.2 Å². The maximum atomic E-state index is 11.7. The van der Waals surface area contributed by atoms with Gasteiger partial charge in [0.25, 0.3) is 5.56 Å². The lowest BCUT2D eigenvalue weighted by molar-refractivity contribution is 0.701. The average Bonchev–Trinajstić information content (AvgIpc) is 2.28. The first-order valence-corrected chi connectivity index (χ1v) is 5.53. The molecule has 0 aliphatic heterocycles. The molecule has 0 unspecified atom stereocenters. The first kappa shape index (κ1) is 11.4. The molecule has 1 aromatic carbocycles. The third-order valence-corrected chi connectivity index (χ3v) is 2.77. The van der Waals surface area contributed by atoms with Crippen molar-refractivity contribution in [2.75, 3.05) is 0 Å². The molecule has 0 amide bonds. The molecule has 0 saturated carbocycles. The van der Waals surface area contributed by atoms with Crippen molar-refractivity contribution in [2.45, 2.75) is 20.4 Å². The molecule has 0 saturated heterocycles. The van der Waals surface area contributed by atoms with Crippen LogP contribution >= 0.6 is 0 Å². The highest BCUT2D eigenvalue weighted by atomic mass is 16.2. The monoisotopic (exact) mass is 230 g/mol. The summed E-state index contributed by atoms with van der Waals surface area (Å²) in [6, 6.07) is 9.17. The second-order valence-electron chi connectivity index (χ2n) is 3.88. The third-order valence-electron chi connectivity index (χ3n) is 2.77. The molecule has 1 N–H and O–H groups in total. The lowest BCUT2D eigenvalue weighted by Gasteiger charge is -2.11. The SMILES string of the molecule is CCn1c(-c2ccccc2C)cc(=O)[nH]c1=O. The fourth-order valence-electron chi connectivity index (χ4n) is 1.92. The summed E-state index contributed by atoms with van der Waals surface area (Å²) in [7, 11) is 0. The minimum Gasteiger partial charge on any atom is -0.294 e. The molecule has 0 spiro atoms. The van der Waals surface area contributed by atoms with Crippen molar-refractivity contribution >= 4 is 0 Å².